The average Bonchev–Trinajstić information content (AvgIpc) is 2.65. The smallest absolute Gasteiger partial charge is 0.257 e. The fourth-order valence-electron chi connectivity index (χ4n) is 2.50. The van der Waals surface area contributed by atoms with E-state index in [4.69, 9.17) is 23.2 Å². The van der Waals surface area contributed by atoms with Gasteiger partial charge in [0.2, 0.25) is 0 Å². The molecule has 0 fully saturated rings. The van der Waals surface area contributed by atoms with Crippen LogP contribution in [0.5, 0.6) is 0 Å². The van der Waals surface area contributed by atoms with E-state index in [2.05, 4.69) is 10.6 Å². The van der Waals surface area contributed by atoms with Crippen molar-refractivity contribution in [1.29, 1.82) is 0 Å². The third-order valence-electron chi connectivity index (χ3n) is 3.88. The second-order valence-corrected chi connectivity index (χ2v) is 6.74. The Kier molecular flexibility index (Phi) is 5.79. The molecule has 0 aliphatic rings. The summed E-state index contributed by atoms with van der Waals surface area (Å²) in [7, 11) is 0. The molecule has 2 N–H and O–H groups in total. The number of hydrogen-bond donors (Lipinski definition) is 2. The number of anilines is 2. The van der Waals surface area contributed by atoms with Crippen LogP contribution in [0.4, 0.5) is 11.4 Å². The molecule has 0 atom stereocenters. The van der Waals surface area contributed by atoms with Crippen LogP contribution < -0.4 is 10.6 Å². The molecule has 2 amide bonds. The van der Waals surface area contributed by atoms with Crippen molar-refractivity contribution < 1.29 is 9.59 Å². The maximum absolute atomic E-state index is 12.3. The second-order valence-electron chi connectivity index (χ2n) is 5.96. The van der Waals surface area contributed by atoms with Gasteiger partial charge in [-0.1, -0.05) is 47.0 Å². The first-order valence-electron chi connectivity index (χ1n) is 8.17. The molecule has 3 aromatic carbocycles. The summed E-state index contributed by atoms with van der Waals surface area (Å²) in [5.41, 5.74) is 3.09. The Labute approximate surface area is 167 Å². The predicted molar refractivity (Wildman–Crippen MR) is 110 cm³/mol. The van der Waals surface area contributed by atoms with Crippen LogP contribution in [0.3, 0.4) is 0 Å². The molecular weight excluding hydrogens is 383 g/mol. The number of halogens is 2. The Balaban J connectivity index is 1.67. The average molecular weight is 399 g/mol. The number of aryl methyl sites for hydroxylation is 1. The summed E-state index contributed by atoms with van der Waals surface area (Å²) in [6, 6.07) is 19.0. The van der Waals surface area contributed by atoms with Crippen LogP contribution in [0.25, 0.3) is 0 Å². The van der Waals surface area contributed by atoms with Crippen molar-refractivity contribution in [3.63, 3.8) is 0 Å². The van der Waals surface area contributed by atoms with Gasteiger partial charge in [0.25, 0.3) is 11.8 Å². The summed E-state index contributed by atoms with van der Waals surface area (Å²) in [6.07, 6.45) is 0. The van der Waals surface area contributed by atoms with Gasteiger partial charge in [0.05, 0.1) is 15.6 Å². The Morgan fingerprint density at radius 3 is 2.00 bits per heavy atom. The van der Waals surface area contributed by atoms with E-state index >= 15 is 0 Å². The quantitative estimate of drug-likeness (QED) is 0.582. The van der Waals surface area contributed by atoms with E-state index in [0.29, 0.717) is 27.5 Å². The van der Waals surface area contributed by atoms with E-state index in [1.807, 2.05) is 25.1 Å². The number of benzene rings is 3. The molecule has 0 radical (unpaired) electrons. The number of hydrogen-bond acceptors (Lipinski definition) is 2. The van der Waals surface area contributed by atoms with E-state index in [9.17, 15) is 9.59 Å². The highest BCUT2D eigenvalue weighted by Crippen LogP contribution is 2.26. The molecule has 0 bridgehead atoms. The first-order chi connectivity index (χ1) is 12.9. The van der Waals surface area contributed by atoms with Crippen LogP contribution in [-0.4, -0.2) is 11.8 Å². The second kappa shape index (κ2) is 8.25. The third-order valence-corrected chi connectivity index (χ3v) is 4.70. The van der Waals surface area contributed by atoms with E-state index in [1.54, 1.807) is 48.5 Å². The largest absolute Gasteiger partial charge is 0.322 e. The van der Waals surface area contributed by atoms with E-state index in [1.165, 1.54) is 0 Å². The highest BCUT2D eigenvalue weighted by molar-refractivity contribution is 6.44. The molecule has 27 heavy (non-hydrogen) atoms. The summed E-state index contributed by atoms with van der Waals surface area (Å²) >= 11 is 12.0. The number of nitrogens with one attached hydrogen (secondary N) is 2. The van der Waals surface area contributed by atoms with Gasteiger partial charge < -0.3 is 10.6 Å². The van der Waals surface area contributed by atoms with Crippen molar-refractivity contribution in [3.8, 4) is 0 Å². The molecule has 0 unspecified atom stereocenters. The van der Waals surface area contributed by atoms with Gasteiger partial charge in [-0.2, -0.15) is 0 Å². The fraction of sp³-hybridized carbons (Fsp3) is 0.0476. The lowest BCUT2D eigenvalue weighted by Crippen LogP contribution is -2.13. The van der Waals surface area contributed by atoms with Crippen molar-refractivity contribution in [2.24, 2.45) is 0 Å². The van der Waals surface area contributed by atoms with Crippen molar-refractivity contribution in [3.05, 3.63) is 93.5 Å². The molecule has 0 aromatic heterocycles. The van der Waals surface area contributed by atoms with Gasteiger partial charge in [-0.05, 0) is 55.5 Å². The normalized spacial score (nSPS) is 10.3. The number of carbonyl (C=O) groups is 2. The van der Waals surface area contributed by atoms with Crippen LogP contribution in [0.15, 0.2) is 66.7 Å². The molecular formula is C21H16Cl2N2O2. The zero-order valence-electron chi connectivity index (χ0n) is 14.4. The van der Waals surface area contributed by atoms with Gasteiger partial charge in [-0.3, -0.25) is 9.59 Å². The van der Waals surface area contributed by atoms with Gasteiger partial charge >= 0.3 is 0 Å². The van der Waals surface area contributed by atoms with Crippen molar-refractivity contribution in [2.75, 3.05) is 10.6 Å². The zero-order chi connectivity index (χ0) is 19.4. The minimum absolute atomic E-state index is 0.193. The minimum Gasteiger partial charge on any atom is -0.322 e. The first-order valence-corrected chi connectivity index (χ1v) is 8.93. The highest BCUT2D eigenvalue weighted by Gasteiger charge is 2.13. The Bertz CT molecular complexity index is 1000. The molecule has 3 aromatic rings. The van der Waals surface area contributed by atoms with E-state index in [0.717, 1.165) is 5.56 Å². The minimum atomic E-state index is -0.362. The molecule has 0 aliphatic heterocycles. The maximum Gasteiger partial charge on any atom is 0.257 e. The summed E-state index contributed by atoms with van der Waals surface area (Å²) < 4.78 is 0. The maximum atomic E-state index is 12.3. The number of rotatable bonds is 4. The van der Waals surface area contributed by atoms with E-state index in [-0.39, 0.29) is 16.8 Å². The lowest BCUT2D eigenvalue weighted by molar-refractivity contribution is 0.101. The summed E-state index contributed by atoms with van der Waals surface area (Å²) in [4.78, 5) is 24.6. The first kappa shape index (κ1) is 19.0. The van der Waals surface area contributed by atoms with E-state index < -0.39 is 0 Å². The molecule has 0 saturated carbocycles. The molecule has 6 heteroatoms. The molecule has 0 heterocycles. The van der Waals surface area contributed by atoms with Crippen LogP contribution in [0.2, 0.25) is 10.0 Å². The van der Waals surface area contributed by atoms with Crippen molar-refractivity contribution >= 4 is 46.4 Å². The molecule has 136 valence electrons. The lowest BCUT2D eigenvalue weighted by Gasteiger charge is -2.09. The van der Waals surface area contributed by atoms with Gasteiger partial charge in [0.1, 0.15) is 0 Å². The number of amides is 2. The highest BCUT2D eigenvalue weighted by atomic mass is 35.5. The fourth-order valence-corrected chi connectivity index (χ4v) is 2.89. The van der Waals surface area contributed by atoms with Crippen LogP contribution in [0, 0.1) is 6.92 Å². The lowest BCUT2D eigenvalue weighted by atomic mass is 10.1. The third kappa shape index (κ3) is 4.67. The zero-order valence-corrected chi connectivity index (χ0v) is 15.9. The standard InChI is InChI=1S/C21H16Cl2N2O2/c1-13-4-2-5-14(12-13)20(26)24-15-8-10-16(11-9-15)25-21(27)17-6-3-7-18(22)19(17)23/h2-12H,1H3,(H,24,26)(H,25,27). The topological polar surface area (TPSA) is 58.2 Å². The number of carbonyl (C=O) groups excluding carboxylic acids is 2. The van der Waals surface area contributed by atoms with Crippen molar-refractivity contribution in [2.45, 2.75) is 6.92 Å². The van der Waals surface area contributed by atoms with Crippen LogP contribution in [-0.2, 0) is 0 Å². The molecule has 0 saturated heterocycles. The van der Waals surface area contributed by atoms with Crippen LogP contribution in [0.1, 0.15) is 26.3 Å². The van der Waals surface area contributed by atoms with Gasteiger partial charge in [0.15, 0.2) is 0 Å². The summed E-state index contributed by atoms with van der Waals surface area (Å²) in [5.74, 6) is -0.555. The molecule has 0 aliphatic carbocycles. The van der Waals surface area contributed by atoms with Gasteiger partial charge in [-0.15, -0.1) is 0 Å². The van der Waals surface area contributed by atoms with Gasteiger partial charge in [0, 0.05) is 16.9 Å². The Morgan fingerprint density at radius 1 is 0.778 bits per heavy atom. The van der Waals surface area contributed by atoms with Gasteiger partial charge in [-0.25, -0.2) is 0 Å². The summed E-state index contributed by atoms with van der Waals surface area (Å²) in [6.45, 7) is 1.93. The molecule has 4 nitrogen and oxygen atoms in total. The summed E-state index contributed by atoms with van der Waals surface area (Å²) in [5, 5.41) is 6.10. The molecule has 3 rings (SSSR count). The SMILES string of the molecule is Cc1cccc(C(=O)Nc2ccc(NC(=O)c3cccc(Cl)c3Cl)cc2)c1. The molecule has 0 spiro atoms. The van der Waals surface area contributed by atoms with Crippen LogP contribution >= 0.6 is 23.2 Å². The van der Waals surface area contributed by atoms with Crippen molar-refractivity contribution in [1.82, 2.24) is 0 Å². The Hall–Kier alpha value is -2.82. The Morgan fingerprint density at radius 2 is 1.37 bits per heavy atom. The predicted octanol–water partition coefficient (Wildman–Crippen LogP) is 5.81. The monoisotopic (exact) mass is 398 g/mol.